The fraction of sp³-hybridized carbons (Fsp3) is 0.350. The van der Waals surface area contributed by atoms with Gasteiger partial charge >= 0.3 is 0 Å². The highest BCUT2D eigenvalue weighted by Gasteiger charge is 2.45. The molecule has 7 rings (SSSR count). The third-order valence-electron chi connectivity index (χ3n) is 10.5. The molecule has 3 aromatic carbocycles. The molecule has 3 aliphatic rings. The fourth-order valence-electron chi connectivity index (χ4n) is 7.42. The summed E-state index contributed by atoms with van der Waals surface area (Å²) in [6.07, 6.45) is 2.90. The number of hydrogen-bond donors (Lipinski definition) is 3. The number of anilines is 1. The van der Waals surface area contributed by atoms with E-state index in [0.29, 0.717) is 23.0 Å². The molecule has 1 aromatic heterocycles. The van der Waals surface area contributed by atoms with Crippen molar-refractivity contribution in [2.24, 2.45) is 0 Å². The van der Waals surface area contributed by atoms with Crippen LogP contribution in [0.1, 0.15) is 103 Å². The highest BCUT2D eigenvalue weighted by molar-refractivity contribution is 6.23. The van der Waals surface area contributed by atoms with Gasteiger partial charge in [0.15, 0.2) is 0 Å². The van der Waals surface area contributed by atoms with Crippen molar-refractivity contribution in [2.75, 3.05) is 5.32 Å². The Balaban J connectivity index is 0.940. The monoisotopic (exact) mass is 703 g/mol. The first-order chi connectivity index (χ1) is 25.1. The molecule has 4 amide bonds. The maximum absolute atomic E-state index is 13.2. The topological polar surface area (TPSA) is 160 Å². The molecule has 2 unspecified atom stereocenters. The normalized spacial score (nSPS) is 20.5. The first kappa shape index (κ1) is 34.8. The second-order valence-corrected chi connectivity index (χ2v) is 13.7. The van der Waals surface area contributed by atoms with E-state index in [-0.39, 0.29) is 41.5 Å². The number of carbonyl (C=O) groups excluding carboxylic acids is 4. The molecule has 12 heteroatoms. The van der Waals surface area contributed by atoms with Crippen molar-refractivity contribution in [1.82, 2.24) is 20.4 Å². The zero-order valence-electron chi connectivity index (χ0n) is 29.3. The molecule has 4 aromatic rings. The summed E-state index contributed by atoms with van der Waals surface area (Å²) < 4.78 is 12.2. The quantitative estimate of drug-likeness (QED) is 0.153. The van der Waals surface area contributed by atoms with E-state index in [4.69, 9.17) is 9.47 Å². The van der Waals surface area contributed by atoms with Crippen molar-refractivity contribution in [2.45, 2.75) is 89.0 Å². The van der Waals surface area contributed by atoms with Gasteiger partial charge in [-0.25, -0.2) is 0 Å². The molecule has 12 nitrogen and oxygen atoms in total. The van der Waals surface area contributed by atoms with Crippen molar-refractivity contribution >= 4 is 29.3 Å². The van der Waals surface area contributed by atoms with Crippen LogP contribution in [0.4, 0.5) is 5.69 Å². The van der Waals surface area contributed by atoms with Crippen molar-refractivity contribution in [3.63, 3.8) is 0 Å². The zero-order valence-corrected chi connectivity index (χ0v) is 29.3. The Hall–Kier alpha value is -5.62. The van der Waals surface area contributed by atoms with Crippen molar-refractivity contribution in [3.05, 3.63) is 107 Å². The summed E-state index contributed by atoms with van der Waals surface area (Å²) in [6, 6.07) is 24.0. The van der Waals surface area contributed by atoms with E-state index >= 15 is 0 Å². The Morgan fingerprint density at radius 1 is 0.865 bits per heavy atom. The van der Waals surface area contributed by atoms with Crippen LogP contribution in [0.25, 0.3) is 0 Å². The number of aliphatic hydroxyl groups is 1. The Kier molecular flexibility index (Phi) is 9.50. The number of rotatable bonds is 12. The van der Waals surface area contributed by atoms with Gasteiger partial charge in [0, 0.05) is 42.5 Å². The number of nitrogens with one attached hydrogen (secondary N) is 2. The van der Waals surface area contributed by atoms with Crippen molar-refractivity contribution in [3.8, 4) is 17.4 Å². The minimum Gasteiger partial charge on any atom is -0.490 e. The molecule has 3 N–H and O–H groups in total. The molecule has 1 saturated carbocycles. The van der Waals surface area contributed by atoms with Gasteiger partial charge in [-0.05, 0) is 85.8 Å². The number of hydrogen-bond acceptors (Lipinski definition) is 10. The largest absolute Gasteiger partial charge is 0.490 e. The number of carbonyl (C=O) groups is 4. The molecule has 2 atom stereocenters. The van der Waals surface area contributed by atoms with Crippen molar-refractivity contribution < 1.29 is 33.8 Å². The van der Waals surface area contributed by atoms with Gasteiger partial charge in [0.05, 0.1) is 22.9 Å². The molecular formula is C40H41N5O7. The van der Waals surface area contributed by atoms with Crippen LogP contribution in [0.5, 0.6) is 17.4 Å². The number of amides is 4. The van der Waals surface area contributed by atoms with Crippen LogP contribution in [-0.2, 0) is 15.0 Å². The smallest absolute Gasteiger partial charge is 0.262 e. The van der Waals surface area contributed by atoms with Gasteiger partial charge in [-0.15, -0.1) is 10.2 Å². The summed E-state index contributed by atoms with van der Waals surface area (Å²) in [5, 5.41) is 23.4. The molecule has 2 fully saturated rings. The van der Waals surface area contributed by atoms with Gasteiger partial charge in [-0.2, -0.15) is 0 Å². The number of aliphatic hydroxyl groups excluding tert-OH is 1. The number of imide groups is 2. The molecule has 0 bridgehead atoms. The van der Waals surface area contributed by atoms with Crippen LogP contribution in [-0.4, -0.2) is 62.0 Å². The van der Waals surface area contributed by atoms with Gasteiger partial charge < -0.3 is 19.9 Å². The average Bonchev–Trinajstić information content (AvgIpc) is 3.37. The van der Waals surface area contributed by atoms with Gasteiger partial charge in [0.25, 0.3) is 11.8 Å². The number of fused-ring (bicyclic) bond motifs is 1. The van der Waals surface area contributed by atoms with Crippen LogP contribution in [0.15, 0.2) is 78.9 Å². The summed E-state index contributed by atoms with van der Waals surface area (Å²) in [5.74, 6) is -0.262. The Bertz CT molecular complexity index is 1990. The maximum atomic E-state index is 13.2. The van der Waals surface area contributed by atoms with Crippen LogP contribution in [0.3, 0.4) is 0 Å². The number of aromatic nitrogens is 2. The average molecular weight is 704 g/mol. The van der Waals surface area contributed by atoms with Gasteiger partial charge in [-0.1, -0.05) is 38.1 Å². The van der Waals surface area contributed by atoms with Crippen LogP contribution >= 0.6 is 0 Å². The Morgan fingerprint density at radius 3 is 2.12 bits per heavy atom. The summed E-state index contributed by atoms with van der Waals surface area (Å²) in [4.78, 5) is 51.1. The lowest BCUT2D eigenvalue weighted by Crippen LogP contribution is -2.54. The summed E-state index contributed by atoms with van der Waals surface area (Å²) in [5.41, 5.74) is 3.90. The van der Waals surface area contributed by atoms with Crippen LogP contribution < -0.4 is 20.1 Å². The third-order valence-corrected chi connectivity index (χ3v) is 10.5. The SMILES string of the molecule is CCC(CC)(c1ccc(Oc2ccc(C(C)O)nn2)cc1)c1ccc(OC2CC(Nc3ccc4c(c3)C(=O)N(C3CCC(=O)NC3=O)C4=O)C2)cc1. The highest BCUT2D eigenvalue weighted by Crippen LogP contribution is 2.41. The molecular weight excluding hydrogens is 662 g/mol. The standard InChI is InChI=1S/C40H41N5O7/c1-4-40(5-2,25-8-13-29(14-9-25)52-36-19-16-33(23(3)46)43-44-36)24-6-11-28(12-7-24)51-30-20-27(21-30)41-26-10-15-31-32(22-26)39(50)45(38(31)49)34-17-18-35(47)42-37(34)48/h6-16,19,22-23,27,30,34,41,46H,4-5,17-18,20-21H2,1-3H3,(H,42,47,48). The third kappa shape index (κ3) is 6.61. The van der Waals surface area contributed by atoms with E-state index in [2.05, 4.69) is 58.9 Å². The fourth-order valence-corrected chi connectivity index (χ4v) is 7.42. The van der Waals surface area contributed by atoms with E-state index in [1.165, 1.54) is 11.1 Å². The first-order valence-corrected chi connectivity index (χ1v) is 17.8. The molecule has 1 saturated heterocycles. The number of nitrogens with zero attached hydrogens (tertiary/aromatic N) is 3. The molecule has 0 spiro atoms. The Labute approximate surface area is 301 Å². The minimum atomic E-state index is -0.990. The summed E-state index contributed by atoms with van der Waals surface area (Å²) >= 11 is 0. The molecule has 268 valence electrons. The Morgan fingerprint density at radius 2 is 1.52 bits per heavy atom. The zero-order chi connectivity index (χ0) is 36.6. The van der Waals surface area contributed by atoms with Crippen LogP contribution in [0.2, 0.25) is 0 Å². The van der Waals surface area contributed by atoms with E-state index < -0.39 is 35.8 Å². The first-order valence-electron chi connectivity index (χ1n) is 17.8. The molecule has 3 heterocycles. The number of benzene rings is 3. The number of ether oxygens (including phenoxy) is 2. The minimum absolute atomic E-state index is 0.0339. The molecule has 2 aliphatic heterocycles. The predicted octanol–water partition coefficient (Wildman–Crippen LogP) is 5.85. The van der Waals surface area contributed by atoms with E-state index in [0.717, 1.165) is 36.3 Å². The predicted molar refractivity (Wildman–Crippen MR) is 191 cm³/mol. The van der Waals surface area contributed by atoms with E-state index in [9.17, 15) is 24.3 Å². The molecule has 1 aliphatic carbocycles. The molecule has 0 radical (unpaired) electrons. The van der Waals surface area contributed by atoms with E-state index in [1.807, 2.05) is 24.3 Å². The molecule has 52 heavy (non-hydrogen) atoms. The second-order valence-electron chi connectivity index (χ2n) is 13.7. The maximum Gasteiger partial charge on any atom is 0.262 e. The lowest BCUT2D eigenvalue weighted by atomic mass is 9.70. The van der Waals surface area contributed by atoms with Gasteiger partial charge in [0.2, 0.25) is 17.7 Å². The summed E-state index contributed by atoms with van der Waals surface area (Å²) in [6.45, 7) is 6.03. The van der Waals surface area contributed by atoms with Crippen LogP contribution in [0, 0.1) is 0 Å². The lowest BCUT2D eigenvalue weighted by molar-refractivity contribution is -0.136. The highest BCUT2D eigenvalue weighted by atomic mass is 16.5. The summed E-state index contributed by atoms with van der Waals surface area (Å²) in [7, 11) is 0. The number of piperidine rings is 1. The van der Waals surface area contributed by atoms with E-state index in [1.54, 1.807) is 37.3 Å². The second kappa shape index (κ2) is 14.2. The van der Waals surface area contributed by atoms with Crippen molar-refractivity contribution in [1.29, 1.82) is 0 Å². The lowest BCUT2D eigenvalue weighted by Gasteiger charge is -2.37. The van der Waals surface area contributed by atoms with Gasteiger partial charge in [0.1, 0.15) is 23.6 Å². The van der Waals surface area contributed by atoms with Gasteiger partial charge in [-0.3, -0.25) is 29.4 Å².